The molecule has 1 atom stereocenters. The lowest BCUT2D eigenvalue weighted by molar-refractivity contribution is -0.145. The normalized spacial score (nSPS) is 11.4. The first-order valence-electron chi connectivity index (χ1n) is 8.61. The molecule has 0 saturated carbocycles. The van der Waals surface area contributed by atoms with Crippen molar-refractivity contribution in [1.82, 2.24) is 25.9 Å². The molecule has 3 aromatic rings. The number of nitrogens with one attached hydrogen (secondary N) is 2. The highest BCUT2D eigenvalue weighted by Crippen LogP contribution is 2.14. The highest BCUT2D eigenvalue weighted by atomic mass is 16.5. The Morgan fingerprint density at radius 3 is 2.11 bits per heavy atom. The summed E-state index contributed by atoms with van der Waals surface area (Å²) in [6.45, 7) is 0.237. The lowest BCUT2D eigenvalue weighted by atomic mass is 10.2. The number of aromatic nitrogens is 4. The molecule has 1 aromatic heterocycles. The second-order valence-electron chi connectivity index (χ2n) is 5.88. The van der Waals surface area contributed by atoms with Gasteiger partial charge in [0, 0.05) is 0 Å². The summed E-state index contributed by atoms with van der Waals surface area (Å²) in [6, 6.07) is 17.7. The third-order valence-electron chi connectivity index (χ3n) is 3.79. The average Bonchev–Trinajstić information content (AvgIpc) is 3.27. The van der Waals surface area contributed by atoms with E-state index in [-0.39, 0.29) is 25.5 Å². The van der Waals surface area contributed by atoms with Gasteiger partial charge in [0.2, 0.25) is 0 Å². The molecule has 0 saturated heterocycles. The highest BCUT2D eigenvalue weighted by molar-refractivity contribution is 5.73. The molecule has 28 heavy (non-hydrogen) atoms. The number of carbonyl (C=O) groups is 2. The van der Waals surface area contributed by atoms with E-state index in [2.05, 4.69) is 25.9 Å². The van der Waals surface area contributed by atoms with E-state index in [1.807, 2.05) is 60.7 Å². The van der Waals surface area contributed by atoms with Crippen molar-refractivity contribution in [2.75, 3.05) is 0 Å². The molecule has 1 amide bonds. The van der Waals surface area contributed by atoms with Crippen molar-refractivity contribution in [1.29, 1.82) is 0 Å². The summed E-state index contributed by atoms with van der Waals surface area (Å²) in [4.78, 5) is 24.3. The van der Waals surface area contributed by atoms with Crippen molar-refractivity contribution in [2.45, 2.75) is 25.7 Å². The van der Waals surface area contributed by atoms with Crippen LogP contribution in [0.15, 0.2) is 60.7 Å². The van der Waals surface area contributed by atoms with Crippen LogP contribution in [0.4, 0.5) is 4.79 Å². The molecule has 9 nitrogen and oxygen atoms in total. The number of nitrogens with zero attached hydrogens (tertiary/aromatic N) is 3. The van der Waals surface area contributed by atoms with Gasteiger partial charge in [-0.05, 0) is 11.1 Å². The number of tetrazole rings is 1. The van der Waals surface area contributed by atoms with E-state index >= 15 is 0 Å². The Balaban J connectivity index is 1.53. The van der Waals surface area contributed by atoms with Gasteiger partial charge in [0.05, 0.1) is 6.42 Å². The van der Waals surface area contributed by atoms with Gasteiger partial charge >= 0.3 is 12.1 Å². The summed E-state index contributed by atoms with van der Waals surface area (Å²) in [7, 11) is 0. The van der Waals surface area contributed by atoms with Crippen molar-refractivity contribution in [2.24, 2.45) is 0 Å². The minimum Gasteiger partial charge on any atom is -0.461 e. The molecule has 0 aliphatic carbocycles. The van der Waals surface area contributed by atoms with Crippen LogP contribution in [-0.4, -0.2) is 32.7 Å². The summed E-state index contributed by atoms with van der Waals surface area (Å²) >= 11 is 0. The number of hydrogen-bond acceptors (Lipinski definition) is 7. The first-order valence-corrected chi connectivity index (χ1v) is 8.61. The number of hydrogen-bond donors (Lipinski definition) is 2. The van der Waals surface area contributed by atoms with Crippen LogP contribution in [0.5, 0.6) is 0 Å². The van der Waals surface area contributed by atoms with Crippen LogP contribution in [0.25, 0.3) is 0 Å². The van der Waals surface area contributed by atoms with Gasteiger partial charge in [-0.3, -0.25) is 4.79 Å². The Labute approximate surface area is 161 Å². The maximum absolute atomic E-state index is 12.2. The molecule has 9 heteroatoms. The number of ether oxygens (including phenoxy) is 2. The number of esters is 1. The van der Waals surface area contributed by atoms with Gasteiger partial charge in [-0.1, -0.05) is 65.9 Å². The van der Waals surface area contributed by atoms with Gasteiger partial charge in [0.25, 0.3) is 0 Å². The fourth-order valence-corrected chi connectivity index (χ4v) is 2.39. The first-order chi connectivity index (χ1) is 13.7. The quantitative estimate of drug-likeness (QED) is 0.575. The van der Waals surface area contributed by atoms with E-state index in [0.29, 0.717) is 0 Å². The zero-order chi connectivity index (χ0) is 19.6. The van der Waals surface area contributed by atoms with Crippen LogP contribution in [0, 0.1) is 0 Å². The predicted molar refractivity (Wildman–Crippen MR) is 97.5 cm³/mol. The van der Waals surface area contributed by atoms with E-state index in [9.17, 15) is 9.59 Å². The lowest BCUT2D eigenvalue weighted by Crippen LogP contribution is -2.31. The average molecular weight is 381 g/mol. The lowest BCUT2D eigenvalue weighted by Gasteiger charge is -2.15. The van der Waals surface area contributed by atoms with Crippen LogP contribution in [-0.2, 0) is 27.5 Å². The molecular formula is C19H19N5O4. The van der Waals surface area contributed by atoms with E-state index in [0.717, 1.165) is 11.1 Å². The maximum atomic E-state index is 12.2. The van der Waals surface area contributed by atoms with Gasteiger partial charge in [0.1, 0.15) is 19.3 Å². The van der Waals surface area contributed by atoms with E-state index < -0.39 is 18.1 Å². The Hall–Kier alpha value is -3.75. The molecule has 144 valence electrons. The number of amides is 1. The van der Waals surface area contributed by atoms with Crippen molar-refractivity contribution in [3.05, 3.63) is 77.6 Å². The molecule has 2 aromatic carbocycles. The molecule has 1 heterocycles. The van der Waals surface area contributed by atoms with Crippen LogP contribution in [0.2, 0.25) is 0 Å². The zero-order valence-electron chi connectivity index (χ0n) is 14.9. The Kier molecular flexibility index (Phi) is 6.67. The van der Waals surface area contributed by atoms with Gasteiger partial charge < -0.3 is 14.8 Å². The molecule has 2 N–H and O–H groups in total. The summed E-state index contributed by atoms with van der Waals surface area (Å²) in [5.41, 5.74) is 1.71. The van der Waals surface area contributed by atoms with Crippen molar-refractivity contribution < 1.29 is 19.1 Å². The second-order valence-corrected chi connectivity index (χ2v) is 5.88. The summed E-state index contributed by atoms with van der Waals surface area (Å²) in [5.74, 6) is -0.352. The van der Waals surface area contributed by atoms with E-state index in [1.54, 1.807) is 0 Å². The summed E-state index contributed by atoms with van der Waals surface area (Å²) in [6.07, 6.45) is -0.859. The molecule has 0 spiro atoms. The Morgan fingerprint density at radius 2 is 1.54 bits per heavy atom. The summed E-state index contributed by atoms with van der Waals surface area (Å²) in [5, 5.41) is 16.0. The monoisotopic (exact) mass is 381 g/mol. The standard InChI is InChI=1S/C19H19N5O4/c25-17(27-12-14-7-3-1-4-8-14)11-16(18-21-23-24-22-18)20-19(26)28-13-15-9-5-2-6-10-15/h1-10,16H,11-13H2,(H,20,26)(H,21,22,23,24)/t16-/m0/s1. The minimum absolute atomic E-state index is 0.101. The van der Waals surface area contributed by atoms with Gasteiger partial charge in [0.15, 0.2) is 5.82 Å². The van der Waals surface area contributed by atoms with Crippen molar-refractivity contribution in [3.8, 4) is 0 Å². The van der Waals surface area contributed by atoms with E-state index in [4.69, 9.17) is 9.47 Å². The molecule has 0 radical (unpaired) electrons. The number of alkyl carbamates (subject to hydrolysis) is 1. The highest BCUT2D eigenvalue weighted by Gasteiger charge is 2.24. The largest absolute Gasteiger partial charge is 0.461 e. The second kappa shape index (κ2) is 9.81. The minimum atomic E-state index is -0.828. The molecule has 0 bridgehead atoms. The van der Waals surface area contributed by atoms with Gasteiger partial charge in [-0.2, -0.15) is 5.21 Å². The predicted octanol–water partition coefficient (Wildman–Crippen LogP) is 2.30. The molecule has 0 fully saturated rings. The van der Waals surface area contributed by atoms with Crippen molar-refractivity contribution >= 4 is 12.1 Å². The topological polar surface area (TPSA) is 119 Å². The van der Waals surface area contributed by atoms with E-state index in [1.165, 1.54) is 0 Å². The maximum Gasteiger partial charge on any atom is 0.408 e. The molecular weight excluding hydrogens is 362 g/mol. The fraction of sp³-hybridized carbons (Fsp3) is 0.211. The number of carbonyl (C=O) groups excluding carboxylic acids is 2. The van der Waals surface area contributed by atoms with Gasteiger partial charge in [-0.25, -0.2) is 4.79 Å². The zero-order valence-corrected chi connectivity index (χ0v) is 14.9. The molecule has 0 unspecified atom stereocenters. The number of aromatic amines is 1. The number of rotatable bonds is 8. The Bertz CT molecular complexity index is 814. The molecule has 3 rings (SSSR count). The van der Waals surface area contributed by atoms with Crippen LogP contribution in [0.3, 0.4) is 0 Å². The van der Waals surface area contributed by atoms with Crippen molar-refractivity contribution in [3.63, 3.8) is 0 Å². The fourth-order valence-electron chi connectivity index (χ4n) is 2.39. The van der Waals surface area contributed by atoms with Crippen LogP contribution in [0.1, 0.15) is 29.4 Å². The Morgan fingerprint density at radius 1 is 0.929 bits per heavy atom. The van der Waals surface area contributed by atoms with Crippen LogP contribution >= 0.6 is 0 Å². The van der Waals surface area contributed by atoms with Crippen LogP contribution < -0.4 is 5.32 Å². The number of H-pyrrole nitrogens is 1. The third-order valence-corrected chi connectivity index (χ3v) is 3.79. The third kappa shape index (κ3) is 5.90. The first kappa shape index (κ1) is 19.0. The SMILES string of the molecule is O=C(C[C@H](NC(=O)OCc1ccccc1)c1nn[nH]n1)OCc1ccccc1. The van der Waals surface area contributed by atoms with Gasteiger partial charge in [-0.15, -0.1) is 10.2 Å². The molecule has 0 aliphatic rings. The molecule has 0 aliphatic heterocycles. The smallest absolute Gasteiger partial charge is 0.408 e. The number of benzene rings is 2. The summed E-state index contributed by atoms with van der Waals surface area (Å²) < 4.78 is 10.4.